The first-order valence-corrected chi connectivity index (χ1v) is 6.01. The van der Waals surface area contributed by atoms with Gasteiger partial charge in [0, 0.05) is 18.9 Å². The molecular formula is C10H16N2O2S. The monoisotopic (exact) mass is 228 g/mol. The zero-order chi connectivity index (χ0) is 11.1. The molecule has 0 aromatic heterocycles. The largest absolute Gasteiger partial charge is 0.379 e. The van der Waals surface area contributed by atoms with E-state index in [9.17, 15) is 4.79 Å². The van der Waals surface area contributed by atoms with Crippen LogP contribution in [0.5, 0.6) is 0 Å². The maximum absolute atomic E-state index is 11.6. The highest BCUT2D eigenvalue weighted by molar-refractivity contribution is 7.99. The van der Waals surface area contributed by atoms with E-state index in [1.54, 1.807) is 11.8 Å². The minimum Gasteiger partial charge on any atom is -0.379 e. The minimum atomic E-state index is -0.823. The van der Waals surface area contributed by atoms with Gasteiger partial charge in [-0.05, 0) is 6.42 Å². The number of thioether (sulfide) groups is 1. The van der Waals surface area contributed by atoms with E-state index in [-0.39, 0.29) is 5.91 Å². The van der Waals surface area contributed by atoms with Crippen LogP contribution in [-0.4, -0.2) is 42.7 Å². The van der Waals surface area contributed by atoms with E-state index in [0.717, 1.165) is 5.75 Å². The summed E-state index contributed by atoms with van der Waals surface area (Å²) >= 11 is 1.61. The number of rotatable bonds is 5. The molecule has 0 radical (unpaired) electrons. The van der Waals surface area contributed by atoms with E-state index < -0.39 is 5.54 Å². The van der Waals surface area contributed by atoms with Crippen molar-refractivity contribution in [3.63, 3.8) is 0 Å². The molecule has 1 amide bonds. The van der Waals surface area contributed by atoms with Crippen LogP contribution in [0.3, 0.4) is 0 Å². The van der Waals surface area contributed by atoms with Crippen molar-refractivity contribution in [2.45, 2.75) is 12.0 Å². The quantitative estimate of drug-likeness (QED) is 0.496. The standard InChI is InChI=1S/C10H16N2O2S/c1-2-6-15-7-4-12-9(13)10(11)3-5-14-8-10/h1H,3-8,11H2,(H,12,13). The van der Waals surface area contributed by atoms with Gasteiger partial charge >= 0.3 is 0 Å². The van der Waals surface area contributed by atoms with Crippen molar-refractivity contribution in [1.29, 1.82) is 0 Å². The molecule has 4 nitrogen and oxygen atoms in total. The maximum Gasteiger partial charge on any atom is 0.242 e. The number of carbonyl (C=O) groups excluding carboxylic acids is 1. The van der Waals surface area contributed by atoms with Crippen molar-refractivity contribution in [3.8, 4) is 12.3 Å². The molecule has 1 saturated heterocycles. The van der Waals surface area contributed by atoms with Crippen LogP contribution in [0, 0.1) is 12.3 Å². The number of ether oxygens (including phenoxy) is 1. The molecule has 15 heavy (non-hydrogen) atoms. The van der Waals surface area contributed by atoms with Crippen LogP contribution >= 0.6 is 11.8 Å². The Morgan fingerprint density at radius 3 is 3.13 bits per heavy atom. The molecule has 0 aromatic rings. The summed E-state index contributed by atoms with van der Waals surface area (Å²) in [7, 11) is 0. The summed E-state index contributed by atoms with van der Waals surface area (Å²) in [6, 6.07) is 0. The summed E-state index contributed by atoms with van der Waals surface area (Å²) in [5.41, 5.74) is 5.04. The van der Waals surface area contributed by atoms with Crippen LogP contribution in [0.15, 0.2) is 0 Å². The minimum absolute atomic E-state index is 0.124. The van der Waals surface area contributed by atoms with E-state index in [1.165, 1.54) is 0 Å². The number of nitrogens with two attached hydrogens (primary N) is 1. The molecule has 5 heteroatoms. The third-order valence-electron chi connectivity index (χ3n) is 2.22. The lowest BCUT2D eigenvalue weighted by molar-refractivity contribution is -0.126. The molecule has 1 unspecified atom stereocenters. The SMILES string of the molecule is C#CCSCCNC(=O)C1(N)CCOC1. The van der Waals surface area contributed by atoms with Crippen LogP contribution in [0.1, 0.15) is 6.42 Å². The average Bonchev–Trinajstić information content (AvgIpc) is 2.66. The molecule has 84 valence electrons. The van der Waals surface area contributed by atoms with Gasteiger partial charge in [0.15, 0.2) is 0 Å². The fourth-order valence-electron chi connectivity index (χ4n) is 1.30. The lowest BCUT2D eigenvalue weighted by Gasteiger charge is -2.20. The normalized spacial score (nSPS) is 24.8. The zero-order valence-corrected chi connectivity index (χ0v) is 9.44. The summed E-state index contributed by atoms with van der Waals surface area (Å²) in [4.78, 5) is 11.6. The molecule has 1 rings (SSSR count). The number of amides is 1. The van der Waals surface area contributed by atoms with Gasteiger partial charge in [0.1, 0.15) is 5.54 Å². The number of hydrogen-bond acceptors (Lipinski definition) is 4. The Bertz CT molecular complexity index is 257. The Morgan fingerprint density at radius 2 is 2.53 bits per heavy atom. The van der Waals surface area contributed by atoms with E-state index >= 15 is 0 Å². The van der Waals surface area contributed by atoms with Gasteiger partial charge < -0.3 is 15.8 Å². The zero-order valence-electron chi connectivity index (χ0n) is 8.62. The van der Waals surface area contributed by atoms with Crippen LogP contribution < -0.4 is 11.1 Å². The Kier molecular flexibility index (Phi) is 4.95. The van der Waals surface area contributed by atoms with Crippen molar-refractivity contribution >= 4 is 17.7 Å². The summed E-state index contributed by atoms with van der Waals surface area (Å²) in [5, 5.41) is 2.79. The Hall–Kier alpha value is -0.700. The topological polar surface area (TPSA) is 64.4 Å². The summed E-state index contributed by atoms with van der Waals surface area (Å²) in [6.07, 6.45) is 5.69. The molecule has 1 heterocycles. The predicted molar refractivity (Wildman–Crippen MR) is 61.5 cm³/mol. The van der Waals surface area contributed by atoms with Gasteiger partial charge in [-0.25, -0.2) is 0 Å². The lowest BCUT2D eigenvalue weighted by atomic mass is 9.99. The summed E-state index contributed by atoms with van der Waals surface area (Å²) < 4.78 is 5.11. The van der Waals surface area contributed by atoms with Gasteiger partial charge in [-0.1, -0.05) is 5.92 Å². The van der Waals surface area contributed by atoms with Gasteiger partial charge in [0.25, 0.3) is 0 Å². The van der Waals surface area contributed by atoms with Crippen LogP contribution in [0.2, 0.25) is 0 Å². The number of hydrogen-bond donors (Lipinski definition) is 2. The van der Waals surface area contributed by atoms with Gasteiger partial charge in [-0.3, -0.25) is 4.79 Å². The first-order chi connectivity index (χ1) is 7.19. The molecule has 1 aliphatic heterocycles. The van der Waals surface area contributed by atoms with E-state index in [2.05, 4.69) is 11.2 Å². The van der Waals surface area contributed by atoms with Gasteiger partial charge in [0.2, 0.25) is 5.91 Å². The average molecular weight is 228 g/mol. The highest BCUT2D eigenvalue weighted by atomic mass is 32.2. The number of carbonyl (C=O) groups is 1. The number of nitrogens with one attached hydrogen (secondary N) is 1. The second-order valence-electron chi connectivity index (χ2n) is 3.47. The lowest BCUT2D eigenvalue weighted by Crippen LogP contribution is -2.54. The molecule has 0 aromatic carbocycles. The van der Waals surface area contributed by atoms with Crippen LogP contribution in [-0.2, 0) is 9.53 Å². The fraction of sp³-hybridized carbons (Fsp3) is 0.700. The van der Waals surface area contributed by atoms with E-state index in [0.29, 0.717) is 31.9 Å². The van der Waals surface area contributed by atoms with Gasteiger partial charge in [-0.15, -0.1) is 18.2 Å². The highest BCUT2D eigenvalue weighted by Gasteiger charge is 2.37. The van der Waals surface area contributed by atoms with E-state index in [4.69, 9.17) is 16.9 Å². The third-order valence-corrected chi connectivity index (χ3v) is 3.09. The first kappa shape index (κ1) is 12.4. The van der Waals surface area contributed by atoms with Gasteiger partial charge in [-0.2, -0.15) is 0 Å². The van der Waals surface area contributed by atoms with Crippen molar-refractivity contribution in [3.05, 3.63) is 0 Å². The van der Waals surface area contributed by atoms with Gasteiger partial charge in [0.05, 0.1) is 12.4 Å². The second-order valence-corrected chi connectivity index (χ2v) is 4.58. The predicted octanol–water partition coefficient (Wildman–Crippen LogP) is -0.413. The maximum atomic E-state index is 11.6. The fourth-order valence-corrected chi connectivity index (χ4v) is 1.81. The molecule has 1 fully saturated rings. The highest BCUT2D eigenvalue weighted by Crippen LogP contribution is 2.15. The third kappa shape index (κ3) is 3.74. The smallest absolute Gasteiger partial charge is 0.242 e. The Labute approximate surface area is 94.3 Å². The van der Waals surface area contributed by atoms with Crippen molar-refractivity contribution in [1.82, 2.24) is 5.32 Å². The summed E-state index contributed by atoms with van der Waals surface area (Å²) in [5.74, 6) is 3.89. The molecule has 0 bridgehead atoms. The summed E-state index contributed by atoms with van der Waals surface area (Å²) in [6.45, 7) is 1.48. The second kappa shape index (κ2) is 6.01. The Morgan fingerprint density at radius 1 is 1.73 bits per heavy atom. The van der Waals surface area contributed by atoms with Crippen molar-refractivity contribution in [2.24, 2.45) is 5.73 Å². The van der Waals surface area contributed by atoms with Crippen molar-refractivity contribution in [2.75, 3.05) is 31.3 Å². The molecule has 1 atom stereocenters. The molecule has 3 N–H and O–H groups in total. The van der Waals surface area contributed by atoms with Crippen LogP contribution in [0.4, 0.5) is 0 Å². The molecular weight excluding hydrogens is 212 g/mol. The number of terminal acetylenes is 1. The first-order valence-electron chi connectivity index (χ1n) is 4.85. The Balaban J connectivity index is 2.16. The molecule has 0 spiro atoms. The van der Waals surface area contributed by atoms with E-state index in [1.807, 2.05) is 0 Å². The molecule has 0 saturated carbocycles. The van der Waals surface area contributed by atoms with Crippen LogP contribution in [0.25, 0.3) is 0 Å². The molecule has 0 aliphatic carbocycles. The molecule has 1 aliphatic rings. The van der Waals surface area contributed by atoms with Crippen molar-refractivity contribution < 1.29 is 9.53 Å².